The lowest BCUT2D eigenvalue weighted by molar-refractivity contribution is -0.384. The molecule has 2 rings (SSSR count). The van der Waals surface area contributed by atoms with Gasteiger partial charge in [-0.15, -0.1) is 0 Å². The van der Waals surface area contributed by atoms with Gasteiger partial charge in [-0.05, 0) is 18.9 Å². The van der Waals surface area contributed by atoms with Crippen LogP contribution < -0.4 is 5.32 Å². The van der Waals surface area contributed by atoms with Gasteiger partial charge in [0.15, 0.2) is 0 Å². The Kier molecular flexibility index (Phi) is 5.68. The summed E-state index contributed by atoms with van der Waals surface area (Å²) < 4.78 is 0. The van der Waals surface area contributed by atoms with Crippen molar-refractivity contribution in [2.24, 2.45) is 5.92 Å². The molecule has 0 saturated carbocycles. The minimum Gasteiger partial charge on any atom is -0.481 e. The number of aliphatic carboxylic acids is 1. The summed E-state index contributed by atoms with van der Waals surface area (Å²) in [6.45, 7) is 0.873. The third kappa shape index (κ3) is 4.78. The molecular formula is C16H16N4O5. The molecule has 2 N–H and O–H groups in total. The van der Waals surface area contributed by atoms with Gasteiger partial charge in [-0.1, -0.05) is 6.07 Å². The Labute approximate surface area is 143 Å². The molecule has 1 aliphatic rings. The summed E-state index contributed by atoms with van der Waals surface area (Å²) in [6.07, 6.45) is 2.28. The van der Waals surface area contributed by atoms with Gasteiger partial charge in [0.2, 0.25) is 0 Å². The molecule has 0 unspecified atom stereocenters. The van der Waals surface area contributed by atoms with E-state index in [-0.39, 0.29) is 16.9 Å². The lowest BCUT2D eigenvalue weighted by Gasteiger charge is -2.29. The third-order valence-corrected chi connectivity index (χ3v) is 3.87. The molecule has 1 heterocycles. The molecule has 1 saturated heterocycles. The topological polar surface area (TPSA) is 137 Å². The minimum atomic E-state index is -0.840. The maximum Gasteiger partial charge on any atom is 0.306 e. The molecule has 1 fully saturated rings. The molecule has 1 aliphatic heterocycles. The molecule has 0 spiro atoms. The predicted octanol–water partition coefficient (Wildman–Crippen LogP) is 1.74. The van der Waals surface area contributed by atoms with E-state index in [1.165, 1.54) is 30.5 Å². The number of nitrogens with zero attached hydrogens (tertiary/aromatic N) is 3. The zero-order valence-electron chi connectivity index (χ0n) is 13.2. The number of anilines is 1. The number of nitriles is 1. The average Bonchev–Trinajstić information content (AvgIpc) is 2.60. The van der Waals surface area contributed by atoms with Gasteiger partial charge >= 0.3 is 5.97 Å². The van der Waals surface area contributed by atoms with Gasteiger partial charge in [-0.3, -0.25) is 19.7 Å². The zero-order valence-corrected chi connectivity index (χ0v) is 13.2. The first-order valence-electron chi connectivity index (χ1n) is 7.55. The van der Waals surface area contributed by atoms with Crippen LogP contribution in [0.3, 0.4) is 0 Å². The van der Waals surface area contributed by atoms with E-state index in [9.17, 15) is 25.0 Å². The number of carboxylic acid groups (broad SMARTS) is 1. The smallest absolute Gasteiger partial charge is 0.306 e. The van der Waals surface area contributed by atoms with Crippen molar-refractivity contribution in [2.75, 3.05) is 18.4 Å². The number of hydrogen-bond donors (Lipinski definition) is 2. The molecule has 9 nitrogen and oxygen atoms in total. The number of non-ortho nitro benzene ring substituents is 1. The van der Waals surface area contributed by atoms with Crippen LogP contribution >= 0.6 is 0 Å². The summed E-state index contributed by atoms with van der Waals surface area (Å²) in [5.74, 6) is -1.93. The van der Waals surface area contributed by atoms with E-state index in [0.29, 0.717) is 25.9 Å². The summed E-state index contributed by atoms with van der Waals surface area (Å²) in [4.78, 5) is 35.0. The summed E-state index contributed by atoms with van der Waals surface area (Å²) in [5, 5.41) is 31.3. The number of benzene rings is 1. The highest BCUT2D eigenvalue weighted by molar-refractivity contribution is 6.06. The van der Waals surface area contributed by atoms with Crippen molar-refractivity contribution in [3.05, 3.63) is 46.2 Å². The maximum atomic E-state index is 12.2. The maximum absolute atomic E-state index is 12.2. The van der Waals surface area contributed by atoms with E-state index in [0.717, 1.165) is 0 Å². The van der Waals surface area contributed by atoms with E-state index in [4.69, 9.17) is 5.11 Å². The minimum absolute atomic E-state index is 0.153. The summed E-state index contributed by atoms with van der Waals surface area (Å²) >= 11 is 0. The quantitative estimate of drug-likeness (QED) is 0.359. The second-order valence-corrected chi connectivity index (χ2v) is 5.56. The monoisotopic (exact) mass is 344 g/mol. The van der Waals surface area contributed by atoms with Gasteiger partial charge in [0.1, 0.15) is 11.6 Å². The highest BCUT2D eigenvalue weighted by atomic mass is 16.6. The molecule has 1 aromatic carbocycles. The molecule has 25 heavy (non-hydrogen) atoms. The van der Waals surface area contributed by atoms with Crippen LogP contribution in [0.15, 0.2) is 36.0 Å². The van der Waals surface area contributed by atoms with Crippen LogP contribution in [0.25, 0.3) is 0 Å². The Bertz CT molecular complexity index is 760. The van der Waals surface area contributed by atoms with Crippen LogP contribution in [0, 0.1) is 27.4 Å². The number of carbonyl (C=O) groups is 2. The molecular weight excluding hydrogens is 328 g/mol. The number of hydrogen-bond acceptors (Lipinski definition) is 6. The first-order valence-corrected chi connectivity index (χ1v) is 7.55. The van der Waals surface area contributed by atoms with Gasteiger partial charge < -0.3 is 15.3 Å². The normalized spacial score (nSPS) is 15.3. The number of nitrogens with one attached hydrogen (secondary N) is 1. The van der Waals surface area contributed by atoms with Crippen LogP contribution in [0.2, 0.25) is 0 Å². The van der Waals surface area contributed by atoms with Crippen molar-refractivity contribution in [3.63, 3.8) is 0 Å². The van der Waals surface area contributed by atoms with Gasteiger partial charge in [-0.25, -0.2) is 0 Å². The van der Waals surface area contributed by atoms with Gasteiger partial charge in [0.25, 0.3) is 11.6 Å². The molecule has 9 heteroatoms. The number of likely N-dealkylation sites (tertiary alicyclic amines) is 1. The first kappa shape index (κ1) is 17.9. The van der Waals surface area contributed by atoms with Gasteiger partial charge in [-0.2, -0.15) is 5.26 Å². The van der Waals surface area contributed by atoms with Crippen molar-refractivity contribution in [1.82, 2.24) is 4.90 Å². The molecule has 1 aromatic rings. The molecule has 0 aromatic heterocycles. The Balaban J connectivity index is 2.04. The van der Waals surface area contributed by atoms with Crippen molar-refractivity contribution >= 4 is 23.3 Å². The van der Waals surface area contributed by atoms with Crippen LogP contribution in [0.4, 0.5) is 11.4 Å². The first-order chi connectivity index (χ1) is 11.9. The second kappa shape index (κ2) is 7.92. The van der Waals surface area contributed by atoms with Crippen molar-refractivity contribution in [1.29, 1.82) is 5.26 Å². The Hall–Kier alpha value is -3.41. The number of nitro groups is 1. The lowest BCUT2D eigenvalue weighted by atomic mass is 9.97. The second-order valence-electron chi connectivity index (χ2n) is 5.56. The molecule has 0 radical (unpaired) electrons. The fourth-order valence-corrected chi connectivity index (χ4v) is 2.49. The fraction of sp³-hybridized carbons (Fsp3) is 0.312. The van der Waals surface area contributed by atoms with Crippen molar-refractivity contribution in [3.8, 4) is 6.07 Å². The Morgan fingerprint density at radius 1 is 1.40 bits per heavy atom. The van der Waals surface area contributed by atoms with E-state index >= 15 is 0 Å². The zero-order chi connectivity index (χ0) is 18.4. The van der Waals surface area contributed by atoms with Crippen LogP contribution in [-0.2, 0) is 9.59 Å². The number of amides is 1. The Morgan fingerprint density at radius 3 is 2.64 bits per heavy atom. The molecule has 0 aliphatic carbocycles. The molecule has 0 bridgehead atoms. The lowest BCUT2D eigenvalue weighted by Crippen LogP contribution is -2.33. The largest absolute Gasteiger partial charge is 0.481 e. The summed E-state index contributed by atoms with van der Waals surface area (Å²) in [6, 6.07) is 7.21. The van der Waals surface area contributed by atoms with Gasteiger partial charge in [0, 0.05) is 37.1 Å². The number of nitro benzene ring substituents is 1. The standard InChI is InChI=1S/C16H16N4O5/c17-9-12(10-19-6-4-11(5-7-19)16(22)23)15(21)18-13-2-1-3-14(8-13)20(24)25/h1-3,8,10-11H,4-7H2,(H,18,21)(H,22,23)/b12-10-. The summed E-state index contributed by atoms with van der Waals surface area (Å²) in [5.41, 5.74) is -0.110. The highest BCUT2D eigenvalue weighted by Gasteiger charge is 2.24. The van der Waals surface area contributed by atoms with Gasteiger partial charge in [0.05, 0.1) is 10.8 Å². The van der Waals surface area contributed by atoms with E-state index in [1.807, 2.05) is 0 Å². The van der Waals surface area contributed by atoms with E-state index in [1.54, 1.807) is 11.0 Å². The summed E-state index contributed by atoms with van der Waals surface area (Å²) in [7, 11) is 0. The average molecular weight is 344 g/mol. The number of rotatable bonds is 5. The highest BCUT2D eigenvalue weighted by Crippen LogP contribution is 2.20. The molecule has 0 atom stereocenters. The van der Waals surface area contributed by atoms with Crippen LogP contribution in [0.5, 0.6) is 0 Å². The Morgan fingerprint density at radius 2 is 2.08 bits per heavy atom. The molecule has 130 valence electrons. The fourth-order valence-electron chi connectivity index (χ4n) is 2.49. The number of piperidine rings is 1. The third-order valence-electron chi connectivity index (χ3n) is 3.87. The van der Waals surface area contributed by atoms with Crippen LogP contribution in [0.1, 0.15) is 12.8 Å². The van der Waals surface area contributed by atoms with Crippen molar-refractivity contribution in [2.45, 2.75) is 12.8 Å². The number of carbonyl (C=O) groups excluding carboxylic acids is 1. The number of carboxylic acids is 1. The SMILES string of the molecule is N#C/C(=C/N1CCC(C(=O)O)CC1)C(=O)Nc1cccc([N+](=O)[O-])c1. The molecule has 1 amide bonds. The van der Waals surface area contributed by atoms with Crippen molar-refractivity contribution < 1.29 is 19.6 Å². The predicted molar refractivity (Wildman–Crippen MR) is 87.4 cm³/mol. The van der Waals surface area contributed by atoms with E-state index in [2.05, 4.69) is 5.32 Å². The van der Waals surface area contributed by atoms with Crippen LogP contribution in [-0.4, -0.2) is 39.9 Å². The van der Waals surface area contributed by atoms with E-state index < -0.39 is 22.7 Å².